The lowest BCUT2D eigenvalue weighted by Crippen LogP contribution is -2.17. The van der Waals surface area contributed by atoms with Gasteiger partial charge in [0.25, 0.3) is 5.91 Å². The molecule has 0 aliphatic carbocycles. The van der Waals surface area contributed by atoms with Crippen LogP contribution in [0.15, 0.2) is 53.8 Å². The van der Waals surface area contributed by atoms with E-state index < -0.39 is 11.8 Å². The molecule has 0 aliphatic heterocycles. The Morgan fingerprint density at radius 2 is 1.80 bits per heavy atom. The molecule has 13 heteroatoms. The molecule has 0 aliphatic rings. The highest BCUT2D eigenvalue weighted by molar-refractivity contribution is 6.05. The molecule has 2 amide bonds. The largest absolute Gasteiger partial charge is 0.382 e. The maximum atomic E-state index is 12.5. The van der Waals surface area contributed by atoms with Crippen LogP contribution in [0.1, 0.15) is 32.0 Å². The number of nitrogens with two attached hydrogens (primary N) is 3. The number of rotatable bonds is 7. The molecule has 0 saturated heterocycles. The van der Waals surface area contributed by atoms with Crippen LogP contribution in [0.2, 0.25) is 0 Å². The van der Waals surface area contributed by atoms with Crippen molar-refractivity contribution >= 4 is 46.1 Å². The van der Waals surface area contributed by atoms with Crippen LogP contribution in [0.5, 0.6) is 0 Å². The van der Waals surface area contributed by atoms with Crippen molar-refractivity contribution in [3.8, 4) is 0 Å². The van der Waals surface area contributed by atoms with Gasteiger partial charge in [0.05, 0.1) is 11.9 Å². The first kappa shape index (κ1) is 22.9. The topological polar surface area (TPSA) is 225 Å². The lowest BCUT2D eigenvalue weighted by atomic mass is 10.0. The molecule has 35 heavy (non-hydrogen) atoms. The van der Waals surface area contributed by atoms with Gasteiger partial charge in [0, 0.05) is 27.4 Å². The Kier molecular flexibility index (Phi) is 6.33. The minimum Gasteiger partial charge on any atom is -0.382 e. The summed E-state index contributed by atoms with van der Waals surface area (Å²) in [5.74, 6) is -0.882. The minimum atomic E-state index is -0.632. The highest BCUT2D eigenvalue weighted by atomic mass is 16.2. The van der Waals surface area contributed by atoms with Crippen molar-refractivity contribution < 1.29 is 9.59 Å². The van der Waals surface area contributed by atoms with Crippen LogP contribution < -0.4 is 22.5 Å². The molecule has 13 nitrogen and oxygen atoms in total. The van der Waals surface area contributed by atoms with E-state index in [0.29, 0.717) is 52.2 Å². The zero-order valence-corrected chi connectivity index (χ0v) is 18.2. The van der Waals surface area contributed by atoms with Crippen molar-refractivity contribution in [3.63, 3.8) is 0 Å². The first-order chi connectivity index (χ1) is 16.8. The lowest BCUT2D eigenvalue weighted by Gasteiger charge is -2.11. The molecule has 4 rings (SSSR count). The molecule has 0 unspecified atom stereocenters. The fourth-order valence-electron chi connectivity index (χ4n) is 3.40. The van der Waals surface area contributed by atoms with Gasteiger partial charge in [0.15, 0.2) is 17.0 Å². The number of carbonyl (C=O) groups excluding carboxylic acids is 2. The Balaban J connectivity index is 1.50. The summed E-state index contributed by atoms with van der Waals surface area (Å²) in [7, 11) is 0. The van der Waals surface area contributed by atoms with Gasteiger partial charge in [-0.15, -0.1) is 0 Å². The Hall–Kier alpha value is -5.29. The standard InChI is InChI=1S/C22H19N11O2/c23-18-17-20(31-22(25)30-18)27-10-15(28-17)8-2-11-1-7-14(9-16(11)19(24)34)29-21(35)12-3-5-13(6-4-12)32-33-26/h1,3-7,9-10H,2,8H2,(H2,24,34)(H,29,35)(H4,23,25,27,30,31). The molecule has 2 aromatic heterocycles. The predicted octanol–water partition coefficient (Wildman–Crippen LogP) is 2.66. The zero-order valence-electron chi connectivity index (χ0n) is 18.2. The van der Waals surface area contributed by atoms with Gasteiger partial charge < -0.3 is 22.5 Å². The molecule has 0 saturated carbocycles. The average Bonchev–Trinajstić information content (AvgIpc) is 2.84. The Morgan fingerprint density at radius 1 is 1.03 bits per heavy atom. The summed E-state index contributed by atoms with van der Waals surface area (Å²) in [4.78, 5) is 43.9. The van der Waals surface area contributed by atoms with Gasteiger partial charge in [0.1, 0.15) is 0 Å². The number of anilines is 3. The van der Waals surface area contributed by atoms with Crippen LogP contribution in [-0.2, 0) is 12.8 Å². The fraction of sp³-hybridized carbons (Fsp3) is 0.0909. The lowest BCUT2D eigenvalue weighted by molar-refractivity contribution is 0.0995. The SMILES string of the molecule is [N-]=[N+]=Nc1ccc(C(=O)Nc2ccc(CCc3cnc4nc(N)nc(N)c4n3)c(C(N)=O)c2)cc1. The number of aromatic nitrogens is 4. The molecule has 7 N–H and O–H groups in total. The van der Waals surface area contributed by atoms with Crippen LogP contribution in [0.25, 0.3) is 21.6 Å². The maximum absolute atomic E-state index is 12.5. The van der Waals surface area contributed by atoms with E-state index in [1.54, 1.807) is 18.3 Å². The van der Waals surface area contributed by atoms with Crippen molar-refractivity contribution in [2.75, 3.05) is 16.8 Å². The summed E-state index contributed by atoms with van der Waals surface area (Å²) < 4.78 is 0. The number of amides is 2. The average molecular weight is 469 g/mol. The number of hydrogen-bond donors (Lipinski definition) is 4. The molecule has 0 radical (unpaired) electrons. The van der Waals surface area contributed by atoms with Crippen molar-refractivity contribution in [2.24, 2.45) is 10.8 Å². The van der Waals surface area contributed by atoms with E-state index in [0.717, 1.165) is 0 Å². The highest BCUT2D eigenvalue weighted by Crippen LogP contribution is 2.21. The molecular formula is C22H19N11O2. The van der Waals surface area contributed by atoms with E-state index in [4.69, 9.17) is 22.7 Å². The third-order valence-corrected chi connectivity index (χ3v) is 5.07. The Morgan fingerprint density at radius 3 is 2.51 bits per heavy atom. The molecule has 2 heterocycles. The van der Waals surface area contributed by atoms with Gasteiger partial charge in [-0.1, -0.05) is 23.3 Å². The van der Waals surface area contributed by atoms with Gasteiger partial charge in [0.2, 0.25) is 11.9 Å². The number of nitrogen functional groups attached to an aromatic ring is 2. The number of benzene rings is 2. The van der Waals surface area contributed by atoms with Gasteiger partial charge in [-0.05, 0) is 48.2 Å². The third-order valence-electron chi connectivity index (χ3n) is 5.07. The van der Waals surface area contributed by atoms with Gasteiger partial charge in [-0.3, -0.25) is 9.59 Å². The van der Waals surface area contributed by atoms with E-state index in [2.05, 4.69) is 35.3 Å². The zero-order chi connectivity index (χ0) is 24.9. The first-order valence-corrected chi connectivity index (χ1v) is 10.3. The van der Waals surface area contributed by atoms with E-state index in [1.807, 2.05) is 0 Å². The minimum absolute atomic E-state index is 0.0144. The molecule has 4 aromatic rings. The van der Waals surface area contributed by atoms with Crippen LogP contribution in [0.3, 0.4) is 0 Å². The van der Waals surface area contributed by atoms with Crippen LogP contribution in [0.4, 0.5) is 23.1 Å². The van der Waals surface area contributed by atoms with Gasteiger partial charge in [-0.2, -0.15) is 9.97 Å². The smallest absolute Gasteiger partial charge is 0.255 e. The van der Waals surface area contributed by atoms with Crippen molar-refractivity contribution in [3.05, 3.63) is 81.5 Å². The predicted molar refractivity (Wildman–Crippen MR) is 130 cm³/mol. The Bertz CT molecular complexity index is 1500. The summed E-state index contributed by atoms with van der Waals surface area (Å²) in [5.41, 5.74) is 28.9. The number of nitrogens with one attached hydrogen (secondary N) is 1. The molecule has 0 atom stereocenters. The van der Waals surface area contributed by atoms with Crippen molar-refractivity contribution in [1.29, 1.82) is 0 Å². The van der Waals surface area contributed by atoms with Crippen LogP contribution in [-0.4, -0.2) is 31.8 Å². The number of nitrogens with zero attached hydrogens (tertiary/aromatic N) is 7. The van der Waals surface area contributed by atoms with Gasteiger partial charge >= 0.3 is 0 Å². The quantitative estimate of drug-likeness (QED) is 0.178. The summed E-state index contributed by atoms with van der Waals surface area (Å²) >= 11 is 0. The number of hydrogen-bond acceptors (Lipinski definition) is 9. The summed E-state index contributed by atoms with van der Waals surface area (Å²) in [6.07, 6.45) is 2.43. The number of fused-ring (bicyclic) bond motifs is 1. The van der Waals surface area contributed by atoms with Crippen LogP contribution >= 0.6 is 0 Å². The molecule has 0 bridgehead atoms. The van der Waals surface area contributed by atoms with Crippen molar-refractivity contribution in [1.82, 2.24) is 19.9 Å². The van der Waals surface area contributed by atoms with E-state index >= 15 is 0 Å². The monoisotopic (exact) mass is 469 g/mol. The molecular weight excluding hydrogens is 450 g/mol. The number of primary amides is 1. The molecule has 0 spiro atoms. The molecule has 174 valence electrons. The molecule has 2 aromatic carbocycles. The number of azide groups is 1. The second kappa shape index (κ2) is 9.68. The second-order valence-corrected chi connectivity index (χ2v) is 7.43. The third kappa shape index (κ3) is 5.21. The maximum Gasteiger partial charge on any atom is 0.255 e. The number of carbonyl (C=O) groups is 2. The fourth-order valence-corrected chi connectivity index (χ4v) is 3.40. The summed E-state index contributed by atoms with van der Waals surface area (Å²) in [5, 5.41) is 6.19. The second-order valence-electron chi connectivity index (χ2n) is 7.43. The van der Waals surface area contributed by atoms with E-state index in [1.165, 1.54) is 30.3 Å². The van der Waals surface area contributed by atoms with Crippen molar-refractivity contribution in [2.45, 2.75) is 12.8 Å². The summed E-state index contributed by atoms with van der Waals surface area (Å²) in [6.45, 7) is 0. The Labute approximate surface area is 198 Å². The number of aryl methyl sites for hydroxylation is 2. The van der Waals surface area contributed by atoms with Crippen LogP contribution in [0, 0.1) is 0 Å². The molecule has 0 fully saturated rings. The first-order valence-electron chi connectivity index (χ1n) is 10.3. The van der Waals surface area contributed by atoms with E-state index in [-0.39, 0.29) is 17.3 Å². The van der Waals surface area contributed by atoms with E-state index in [9.17, 15) is 9.59 Å². The highest BCUT2D eigenvalue weighted by Gasteiger charge is 2.13. The van der Waals surface area contributed by atoms with Gasteiger partial charge in [-0.25, -0.2) is 9.97 Å². The normalized spacial score (nSPS) is 10.5. The summed E-state index contributed by atoms with van der Waals surface area (Å²) in [6, 6.07) is 11.0.